The quantitative estimate of drug-likeness (QED) is 0.823. The molecule has 106 valence electrons. The minimum Gasteiger partial charge on any atom is -0.496 e. The molecule has 1 atom stereocenters. The Labute approximate surface area is 128 Å². The number of hydrogen-bond acceptors (Lipinski definition) is 4. The fourth-order valence-corrected chi connectivity index (χ4v) is 3.49. The maximum absolute atomic E-state index is 12.1. The van der Waals surface area contributed by atoms with Crippen molar-refractivity contribution in [3.63, 3.8) is 0 Å². The first-order valence-electron chi connectivity index (χ1n) is 5.95. The molecule has 0 saturated carbocycles. The molecule has 0 aliphatic rings. The lowest BCUT2D eigenvalue weighted by atomic mass is 10.0. The number of methoxy groups -OCH3 is 1. The molecule has 1 aromatic carbocycles. The summed E-state index contributed by atoms with van der Waals surface area (Å²) in [6.45, 7) is 1.53. The highest BCUT2D eigenvalue weighted by Crippen LogP contribution is 2.35. The van der Waals surface area contributed by atoms with E-state index in [1.807, 2.05) is 12.1 Å². The molecule has 6 heteroatoms. The van der Waals surface area contributed by atoms with Gasteiger partial charge >= 0.3 is 5.97 Å². The second kappa shape index (κ2) is 5.93. The summed E-state index contributed by atoms with van der Waals surface area (Å²) in [7, 11) is 1.58. The number of carboxylic acids is 1. The number of carbonyl (C=O) groups is 2. The van der Waals surface area contributed by atoms with Crippen molar-refractivity contribution in [1.82, 2.24) is 0 Å². The molecule has 0 aliphatic carbocycles. The van der Waals surface area contributed by atoms with Gasteiger partial charge in [-0.05, 0) is 39.5 Å². The molecule has 2 rings (SSSR count). The summed E-state index contributed by atoms with van der Waals surface area (Å²) in [5, 5.41) is 9.77. The number of halogens is 1. The number of carbonyl (C=O) groups excluding carboxylic acids is 1. The molecule has 1 aromatic heterocycles. The first kappa shape index (κ1) is 15.0. The van der Waals surface area contributed by atoms with Gasteiger partial charge in [0.2, 0.25) is 0 Å². The highest BCUT2D eigenvalue weighted by molar-refractivity contribution is 9.10. The van der Waals surface area contributed by atoms with E-state index in [1.54, 1.807) is 13.2 Å². The van der Waals surface area contributed by atoms with Gasteiger partial charge < -0.3 is 9.84 Å². The lowest BCUT2D eigenvalue weighted by molar-refractivity contribution is -0.141. The van der Waals surface area contributed by atoms with Crippen molar-refractivity contribution in [2.45, 2.75) is 13.3 Å². The normalized spacial score (nSPS) is 12.3. The van der Waals surface area contributed by atoms with Gasteiger partial charge in [-0.3, -0.25) is 9.59 Å². The minimum absolute atomic E-state index is 0.0143. The maximum Gasteiger partial charge on any atom is 0.306 e. The fourth-order valence-electron chi connectivity index (χ4n) is 1.80. The van der Waals surface area contributed by atoms with Crippen molar-refractivity contribution in [1.29, 1.82) is 0 Å². The molecule has 0 radical (unpaired) electrons. The lowest BCUT2D eigenvalue weighted by Crippen LogP contribution is -2.13. The molecule has 0 fully saturated rings. The van der Waals surface area contributed by atoms with Crippen molar-refractivity contribution in [2.75, 3.05) is 7.11 Å². The Morgan fingerprint density at radius 3 is 2.70 bits per heavy atom. The molecule has 0 unspecified atom stereocenters. The summed E-state index contributed by atoms with van der Waals surface area (Å²) >= 11 is 4.77. The zero-order valence-electron chi connectivity index (χ0n) is 11.0. The number of rotatable bonds is 5. The summed E-state index contributed by atoms with van der Waals surface area (Å²) < 4.78 is 7.00. The second-order valence-corrected chi connectivity index (χ2v) is 6.44. The molecule has 0 amide bonds. The molecule has 0 aliphatic heterocycles. The Morgan fingerprint density at radius 2 is 2.10 bits per heavy atom. The first-order valence-corrected chi connectivity index (χ1v) is 7.56. The highest BCUT2D eigenvalue weighted by atomic mass is 79.9. The number of ketones is 1. The smallest absolute Gasteiger partial charge is 0.306 e. The third-order valence-electron chi connectivity index (χ3n) is 2.98. The molecule has 0 bridgehead atoms. The molecule has 0 saturated heterocycles. The van der Waals surface area contributed by atoms with Crippen LogP contribution in [0.25, 0.3) is 10.1 Å². The number of thiophene rings is 1. The van der Waals surface area contributed by atoms with E-state index in [-0.39, 0.29) is 12.2 Å². The average molecular weight is 357 g/mol. The van der Waals surface area contributed by atoms with E-state index >= 15 is 0 Å². The van der Waals surface area contributed by atoms with Crippen molar-refractivity contribution in [3.05, 3.63) is 27.5 Å². The number of hydrogen-bond donors (Lipinski definition) is 1. The second-order valence-electron chi connectivity index (χ2n) is 4.50. The van der Waals surface area contributed by atoms with Crippen LogP contribution in [0.5, 0.6) is 5.75 Å². The summed E-state index contributed by atoms with van der Waals surface area (Å²) in [4.78, 5) is 23.4. The first-order chi connectivity index (χ1) is 9.42. The van der Waals surface area contributed by atoms with E-state index in [4.69, 9.17) is 9.84 Å². The fraction of sp³-hybridized carbons (Fsp3) is 0.286. The van der Waals surface area contributed by atoms with Gasteiger partial charge in [-0.25, -0.2) is 0 Å². The largest absolute Gasteiger partial charge is 0.496 e. The lowest BCUT2D eigenvalue weighted by Gasteiger charge is -2.02. The molecular formula is C14H13BrO4S. The van der Waals surface area contributed by atoms with Crippen molar-refractivity contribution >= 4 is 49.1 Å². The van der Waals surface area contributed by atoms with Crippen LogP contribution >= 0.6 is 27.3 Å². The third-order valence-corrected chi connectivity index (χ3v) is 4.74. The van der Waals surface area contributed by atoms with Gasteiger partial charge in [-0.15, -0.1) is 11.3 Å². The van der Waals surface area contributed by atoms with Crippen LogP contribution < -0.4 is 4.74 Å². The summed E-state index contributed by atoms with van der Waals surface area (Å²) in [6.07, 6.45) is 0.0143. The SMILES string of the molecule is COc1cc2cc(C(=O)C[C@H](C)C(=O)O)sc2cc1Br. The van der Waals surface area contributed by atoms with Crippen LogP contribution in [0.15, 0.2) is 22.7 Å². The Balaban J connectivity index is 2.32. The van der Waals surface area contributed by atoms with Crippen LogP contribution in [0.2, 0.25) is 0 Å². The Hall–Kier alpha value is -1.40. The summed E-state index contributed by atoms with van der Waals surface area (Å²) in [5.41, 5.74) is 0. The van der Waals surface area contributed by atoms with Gasteiger partial charge in [0.15, 0.2) is 5.78 Å². The van der Waals surface area contributed by atoms with E-state index in [9.17, 15) is 9.59 Å². The van der Waals surface area contributed by atoms with Gasteiger partial charge in [-0.1, -0.05) is 6.92 Å². The number of ether oxygens (including phenoxy) is 1. The Kier molecular flexibility index (Phi) is 4.45. The molecule has 1 heterocycles. The third kappa shape index (κ3) is 3.02. The van der Waals surface area contributed by atoms with Crippen molar-refractivity contribution < 1.29 is 19.4 Å². The van der Waals surface area contributed by atoms with Crippen molar-refractivity contribution in [3.8, 4) is 5.75 Å². The van der Waals surface area contributed by atoms with Crippen LogP contribution in [-0.2, 0) is 4.79 Å². The molecule has 20 heavy (non-hydrogen) atoms. The zero-order valence-corrected chi connectivity index (χ0v) is 13.4. The van der Waals surface area contributed by atoms with Crippen LogP contribution in [0, 0.1) is 5.92 Å². The number of carboxylic acid groups (broad SMARTS) is 1. The van der Waals surface area contributed by atoms with E-state index in [1.165, 1.54) is 18.3 Å². The summed E-state index contributed by atoms with van der Waals surface area (Å²) in [6, 6.07) is 5.54. The summed E-state index contributed by atoms with van der Waals surface area (Å²) in [5.74, 6) is -1.07. The predicted molar refractivity (Wildman–Crippen MR) is 81.8 cm³/mol. The zero-order chi connectivity index (χ0) is 14.9. The number of Topliss-reactive ketones (excluding diaryl/α,β-unsaturated/α-hetero) is 1. The van der Waals surface area contributed by atoms with Gasteiger partial charge in [-0.2, -0.15) is 0 Å². The van der Waals surface area contributed by atoms with Crippen LogP contribution in [0.1, 0.15) is 23.0 Å². The standard InChI is InChI=1S/C14H13BrO4S/c1-7(14(17)18)3-10(16)13-5-8-4-11(19-2)9(15)6-12(8)20-13/h4-7H,3H2,1-2H3,(H,17,18)/t7-/m0/s1. The molecule has 0 spiro atoms. The highest BCUT2D eigenvalue weighted by Gasteiger charge is 2.19. The molecule has 2 aromatic rings. The van der Waals surface area contributed by atoms with Crippen LogP contribution in [-0.4, -0.2) is 24.0 Å². The minimum atomic E-state index is -0.955. The Bertz CT molecular complexity index is 677. The maximum atomic E-state index is 12.1. The van der Waals surface area contributed by atoms with E-state index in [2.05, 4.69) is 15.9 Å². The number of fused-ring (bicyclic) bond motifs is 1. The van der Waals surface area contributed by atoms with Gasteiger partial charge in [0.25, 0.3) is 0 Å². The number of aliphatic carboxylic acids is 1. The van der Waals surface area contributed by atoms with Gasteiger partial charge in [0.05, 0.1) is 22.4 Å². The number of benzene rings is 1. The molecule has 1 N–H and O–H groups in total. The predicted octanol–water partition coefficient (Wildman–Crippen LogP) is 3.97. The van der Waals surface area contributed by atoms with Crippen LogP contribution in [0.4, 0.5) is 0 Å². The Morgan fingerprint density at radius 1 is 1.40 bits per heavy atom. The van der Waals surface area contributed by atoms with Gasteiger partial charge in [0, 0.05) is 11.1 Å². The van der Waals surface area contributed by atoms with E-state index in [0.29, 0.717) is 10.6 Å². The molecule has 4 nitrogen and oxygen atoms in total. The van der Waals surface area contributed by atoms with Crippen molar-refractivity contribution in [2.24, 2.45) is 5.92 Å². The van der Waals surface area contributed by atoms with E-state index < -0.39 is 11.9 Å². The monoisotopic (exact) mass is 356 g/mol. The van der Waals surface area contributed by atoms with Gasteiger partial charge in [0.1, 0.15) is 5.75 Å². The van der Waals surface area contributed by atoms with E-state index in [0.717, 1.165) is 14.6 Å². The average Bonchev–Trinajstić information content (AvgIpc) is 2.80. The molecular weight excluding hydrogens is 344 g/mol. The van der Waals surface area contributed by atoms with Crippen LogP contribution in [0.3, 0.4) is 0 Å². The topological polar surface area (TPSA) is 63.6 Å².